The van der Waals surface area contributed by atoms with Crippen LogP contribution in [0.1, 0.15) is 0 Å². The number of rotatable bonds is 5. The van der Waals surface area contributed by atoms with Crippen molar-refractivity contribution in [2.45, 2.75) is 12.3 Å². The van der Waals surface area contributed by atoms with Gasteiger partial charge in [-0.3, -0.25) is 0 Å². The number of carboxylic acids is 1. The lowest BCUT2D eigenvalue weighted by Crippen LogP contribution is -2.35. The molecule has 0 spiro atoms. The highest BCUT2D eigenvalue weighted by Crippen LogP contribution is 2.34. The van der Waals surface area contributed by atoms with Gasteiger partial charge in [-0.25, -0.2) is 22.4 Å². The van der Waals surface area contributed by atoms with Crippen LogP contribution in [0.3, 0.4) is 0 Å². The predicted octanol–water partition coefficient (Wildman–Crippen LogP) is 3.14. The van der Waals surface area contributed by atoms with E-state index in [0.717, 1.165) is 6.07 Å². The standard InChI is InChI=1S/C12H6F6N2O2/c13-7-2-1-5(3-8(7)14)20-9(6(4-19)10(21)22)12(17,18)11(15)16/h1-3,11,20H,(H,21,22). The summed E-state index contributed by atoms with van der Waals surface area (Å²) in [5, 5.41) is 18.7. The van der Waals surface area contributed by atoms with Crippen LogP contribution in [0, 0.1) is 23.0 Å². The van der Waals surface area contributed by atoms with Crippen molar-refractivity contribution in [3.63, 3.8) is 0 Å². The maximum atomic E-state index is 13.4. The van der Waals surface area contributed by atoms with Crippen LogP contribution >= 0.6 is 0 Å². The van der Waals surface area contributed by atoms with Crippen LogP contribution in [-0.4, -0.2) is 23.4 Å². The van der Waals surface area contributed by atoms with Crippen LogP contribution in [0.2, 0.25) is 0 Å². The van der Waals surface area contributed by atoms with Crippen LogP contribution in [0.15, 0.2) is 29.5 Å². The van der Waals surface area contributed by atoms with Crippen molar-refractivity contribution in [2.75, 3.05) is 5.32 Å². The van der Waals surface area contributed by atoms with E-state index in [1.807, 2.05) is 0 Å². The number of aliphatic carboxylic acids is 1. The van der Waals surface area contributed by atoms with E-state index < -0.39 is 46.9 Å². The summed E-state index contributed by atoms with van der Waals surface area (Å²) in [5.74, 6) is -10.0. The number of hydrogen-bond donors (Lipinski definition) is 2. The highest BCUT2D eigenvalue weighted by Gasteiger charge is 2.48. The number of allylic oxidation sites excluding steroid dienone is 1. The molecule has 0 heterocycles. The molecule has 0 aliphatic carbocycles. The zero-order chi connectivity index (χ0) is 17.1. The average molecular weight is 324 g/mol. The summed E-state index contributed by atoms with van der Waals surface area (Å²) in [6, 6.07) is 2.39. The third kappa shape index (κ3) is 3.49. The van der Waals surface area contributed by atoms with Gasteiger partial charge in [0.15, 0.2) is 17.2 Å². The molecule has 0 saturated heterocycles. The number of carboxylic acid groups (broad SMARTS) is 1. The van der Waals surface area contributed by atoms with Gasteiger partial charge in [0.05, 0.1) is 0 Å². The van der Waals surface area contributed by atoms with Gasteiger partial charge in [0, 0.05) is 11.8 Å². The number of anilines is 1. The summed E-state index contributed by atoms with van der Waals surface area (Å²) in [4.78, 5) is 10.7. The number of halogens is 6. The topological polar surface area (TPSA) is 73.1 Å². The van der Waals surface area contributed by atoms with Gasteiger partial charge in [0.25, 0.3) is 0 Å². The molecule has 0 bridgehead atoms. The smallest absolute Gasteiger partial charge is 0.348 e. The van der Waals surface area contributed by atoms with Crippen molar-refractivity contribution in [2.24, 2.45) is 0 Å². The Balaban J connectivity index is 3.43. The Kier molecular flexibility index (Phi) is 5.03. The number of nitrogens with zero attached hydrogens (tertiary/aromatic N) is 1. The number of hydrogen-bond acceptors (Lipinski definition) is 3. The molecule has 0 aliphatic heterocycles. The van der Waals surface area contributed by atoms with E-state index in [-0.39, 0.29) is 0 Å². The number of nitrogens with one attached hydrogen (secondary N) is 1. The fourth-order valence-electron chi connectivity index (χ4n) is 1.35. The van der Waals surface area contributed by atoms with Gasteiger partial charge in [-0.15, -0.1) is 0 Å². The third-order valence-corrected chi connectivity index (χ3v) is 2.37. The van der Waals surface area contributed by atoms with Gasteiger partial charge < -0.3 is 10.4 Å². The minimum atomic E-state index is -5.02. The van der Waals surface area contributed by atoms with Crippen LogP contribution in [0.5, 0.6) is 0 Å². The molecule has 1 aromatic rings. The average Bonchev–Trinajstić information content (AvgIpc) is 2.41. The van der Waals surface area contributed by atoms with Crippen molar-refractivity contribution < 1.29 is 36.2 Å². The molecule has 118 valence electrons. The predicted molar refractivity (Wildman–Crippen MR) is 61.2 cm³/mol. The van der Waals surface area contributed by atoms with E-state index in [0.29, 0.717) is 18.2 Å². The van der Waals surface area contributed by atoms with Crippen molar-refractivity contribution >= 4 is 11.7 Å². The van der Waals surface area contributed by atoms with E-state index in [1.165, 1.54) is 0 Å². The maximum absolute atomic E-state index is 13.4. The van der Waals surface area contributed by atoms with E-state index >= 15 is 0 Å². The summed E-state index contributed by atoms with van der Waals surface area (Å²) < 4.78 is 77.4. The first-order valence-corrected chi connectivity index (χ1v) is 5.37. The molecule has 0 aliphatic rings. The molecular formula is C12H6F6N2O2. The van der Waals surface area contributed by atoms with Crippen LogP contribution < -0.4 is 5.32 Å². The Morgan fingerprint density at radius 1 is 1.27 bits per heavy atom. The summed E-state index contributed by atoms with van der Waals surface area (Å²) in [7, 11) is 0. The minimum absolute atomic E-state index is 0.341. The molecule has 0 amide bonds. The van der Waals surface area contributed by atoms with Crippen LogP contribution in [0.4, 0.5) is 32.0 Å². The summed E-state index contributed by atoms with van der Waals surface area (Å²) >= 11 is 0. The summed E-state index contributed by atoms with van der Waals surface area (Å²) in [6.45, 7) is 0. The zero-order valence-electron chi connectivity index (χ0n) is 10.4. The van der Waals surface area contributed by atoms with Gasteiger partial charge in [-0.05, 0) is 12.1 Å². The minimum Gasteiger partial charge on any atom is -0.477 e. The maximum Gasteiger partial charge on any atom is 0.348 e. The first-order chi connectivity index (χ1) is 10.1. The number of nitriles is 1. The Bertz CT molecular complexity index is 666. The van der Waals surface area contributed by atoms with E-state index in [2.05, 4.69) is 0 Å². The van der Waals surface area contributed by atoms with Gasteiger partial charge in [0.2, 0.25) is 0 Å². The van der Waals surface area contributed by atoms with E-state index in [1.54, 1.807) is 5.32 Å². The molecular weight excluding hydrogens is 318 g/mol. The molecule has 1 aromatic carbocycles. The second-order valence-corrected chi connectivity index (χ2v) is 3.84. The second-order valence-electron chi connectivity index (χ2n) is 3.84. The number of alkyl halides is 4. The largest absolute Gasteiger partial charge is 0.477 e. The monoisotopic (exact) mass is 324 g/mol. The first kappa shape index (κ1) is 17.4. The Labute approximate surface area is 119 Å². The van der Waals surface area contributed by atoms with E-state index in [4.69, 9.17) is 10.4 Å². The fraction of sp³-hybridized carbons (Fsp3) is 0.167. The van der Waals surface area contributed by atoms with Gasteiger partial charge in [0.1, 0.15) is 11.8 Å². The Hall–Kier alpha value is -2.70. The van der Waals surface area contributed by atoms with Crippen LogP contribution in [-0.2, 0) is 4.79 Å². The first-order valence-electron chi connectivity index (χ1n) is 5.37. The molecule has 0 atom stereocenters. The van der Waals surface area contributed by atoms with Crippen molar-refractivity contribution in [3.8, 4) is 6.07 Å². The molecule has 0 aromatic heterocycles. The lowest BCUT2D eigenvalue weighted by molar-refractivity contribution is -0.133. The van der Waals surface area contributed by atoms with Crippen molar-refractivity contribution in [1.29, 1.82) is 5.26 Å². The molecule has 0 fully saturated rings. The number of carbonyl (C=O) groups is 1. The lowest BCUT2D eigenvalue weighted by atomic mass is 10.1. The fourth-order valence-corrected chi connectivity index (χ4v) is 1.35. The van der Waals surface area contributed by atoms with E-state index in [9.17, 15) is 31.1 Å². The van der Waals surface area contributed by atoms with Crippen molar-refractivity contribution in [3.05, 3.63) is 41.1 Å². The molecule has 0 saturated carbocycles. The zero-order valence-corrected chi connectivity index (χ0v) is 10.4. The quantitative estimate of drug-likeness (QED) is 0.496. The molecule has 22 heavy (non-hydrogen) atoms. The lowest BCUT2D eigenvalue weighted by Gasteiger charge is -2.21. The Morgan fingerprint density at radius 2 is 1.86 bits per heavy atom. The Morgan fingerprint density at radius 3 is 2.27 bits per heavy atom. The highest BCUT2D eigenvalue weighted by atomic mass is 19.3. The SMILES string of the molecule is N#CC(C(=O)O)=C(Nc1ccc(F)c(F)c1)C(F)(F)C(F)F. The van der Waals surface area contributed by atoms with Gasteiger partial charge in [-0.1, -0.05) is 0 Å². The molecule has 10 heteroatoms. The molecule has 0 radical (unpaired) electrons. The molecule has 1 rings (SSSR count). The second kappa shape index (κ2) is 6.38. The third-order valence-electron chi connectivity index (χ3n) is 2.37. The van der Waals surface area contributed by atoms with Gasteiger partial charge in [-0.2, -0.15) is 14.0 Å². The highest BCUT2D eigenvalue weighted by molar-refractivity contribution is 5.93. The molecule has 4 nitrogen and oxygen atoms in total. The summed E-state index contributed by atoms with van der Waals surface area (Å²) in [6.07, 6.45) is -4.33. The van der Waals surface area contributed by atoms with Crippen LogP contribution in [0.25, 0.3) is 0 Å². The normalized spacial score (nSPS) is 12.6. The van der Waals surface area contributed by atoms with Gasteiger partial charge >= 0.3 is 18.3 Å². The number of benzene rings is 1. The summed E-state index contributed by atoms with van der Waals surface area (Å²) in [5.41, 5.74) is -4.25. The molecule has 0 unspecified atom stereocenters. The molecule has 2 N–H and O–H groups in total. The van der Waals surface area contributed by atoms with Crippen molar-refractivity contribution in [1.82, 2.24) is 0 Å².